The molecule has 0 radical (unpaired) electrons. The van der Waals surface area contributed by atoms with Crippen LogP contribution in [-0.4, -0.2) is 33.0 Å². The van der Waals surface area contributed by atoms with E-state index in [0.29, 0.717) is 19.1 Å². The number of benzene rings is 1. The first kappa shape index (κ1) is 15.0. The summed E-state index contributed by atoms with van der Waals surface area (Å²) in [6.45, 7) is 5.33. The van der Waals surface area contributed by atoms with Crippen molar-refractivity contribution in [1.29, 1.82) is 5.26 Å². The van der Waals surface area contributed by atoms with Gasteiger partial charge in [-0.2, -0.15) is 5.26 Å². The molecule has 1 fully saturated rings. The molecule has 1 aromatic rings. The summed E-state index contributed by atoms with van der Waals surface area (Å²) in [5.74, 6) is 0.462. The molecule has 1 saturated heterocycles. The highest BCUT2D eigenvalue weighted by Crippen LogP contribution is 2.22. The van der Waals surface area contributed by atoms with Crippen molar-refractivity contribution < 1.29 is 9.47 Å². The van der Waals surface area contributed by atoms with Gasteiger partial charge in [0.2, 0.25) is 0 Å². The third kappa shape index (κ3) is 3.57. The molecular weight excluding hydrogens is 252 g/mol. The van der Waals surface area contributed by atoms with E-state index in [9.17, 15) is 5.26 Å². The Labute approximate surface area is 120 Å². The quantitative estimate of drug-likeness (QED) is 0.827. The molecule has 1 aromatic carbocycles. The summed E-state index contributed by atoms with van der Waals surface area (Å²) in [5, 5.41) is 12.9. The van der Waals surface area contributed by atoms with Crippen molar-refractivity contribution in [2.45, 2.75) is 18.9 Å². The van der Waals surface area contributed by atoms with E-state index in [1.807, 2.05) is 37.3 Å². The molecular formula is C16H22N2O2. The number of ether oxygens (including phenoxy) is 2. The van der Waals surface area contributed by atoms with Gasteiger partial charge in [-0.3, -0.25) is 5.32 Å². The average molecular weight is 274 g/mol. The smallest absolute Gasteiger partial charge is 0.155 e. The lowest BCUT2D eigenvalue weighted by Crippen LogP contribution is -2.45. The van der Waals surface area contributed by atoms with E-state index in [1.54, 1.807) is 0 Å². The van der Waals surface area contributed by atoms with E-state index in [1.165, 1.54) is 0 Å². The Morgan fingerprint density at radius 1 is 1.45 bits per heavy atom. The van der Waals surface area contributed by atoms with Crippen LogP contribution in [0.3, 0.4) is 0 Å². The molecule has 2 unspecified atom stereocenters. The SMILES string of the molecule is CCNC(C#N)(COCC1CCOC1)c1ccccc1. The third-order valence-corrected chi connectivity index (χ3v) is 3.63. The Balaban J connectivity index is 2.01. The first-order valence-corrected chi connectivity index (χ1v) is 7.18. The van der Waals surface area contributed by atoms with E-state index in [4.69, 9.17) is 9.47 Å². The van der Waals surface area contributed by atoms with Gasteiger partial charge in [-0.15, -0.1) is 0 Å². The fourth-order valence-electron chi connectivity index (χ4n) is 2.49. The Hall–Kier alpha value is -1.41. The van der Waals surface area contributed by atoms with Crippen molar-refractivity contribution in [2.24, 2.45) is 5.92 Å². The zero-order valence-electron chi connectivity index (χ0n) is 12.0. The second-order valence-corrected chi connectivity index (χ2v) is 5.16. The van der Waals surface area contributed by atoms with Gasteiger partial charge < -0.3 is 9.47 Å². The maximum Gasteiger partial charge on any atom is 0.155 e. The summed E-state index contributed by atoms with van der Waals surface area (Å²) in [6, 6.07) is 12.2. The summed E-state index contributed by atoms with van der Waals surface area (Å²) < 4.78 is 11.2. The third-order valence-electron chi connectivity index (χ3n) is 3.63. The first-order chi connectivity index (χ1) is 9.80. The molecule has 0 amide bonds. The molecule has 1 heterocycles. The summed E-state index contributed by atoms with van der Waals surface area (Å²) in [5.41, 5.74) is 0.183. The van der Waals surface area contributed by atoms with Crippen molar-refractivity contribution >= 4 is 0 Å². The number of nitrogens with one attached hydrogen (secondary N) is 1. The highest BCUT2D eigenvalue weighted by molar-refractivity contribution is 5.31. The summed E-state index contributed by atoms with van der Waals surface area (Å²) in [7, 11) is 0. The van der Waals surface area contributed by atoms with Gasteiger partial charge >= 0.3 is 0 Å². The van der Waals surface area contributed by atoms with Crippen LogP contribution in [0.1, 0.15) is 18.9 Å². The fraction of sp³-hybridized carbons (Fsp3) is 0.562. The standard InChI is InChI=1S/C16H22N2O2/c1-2-18-16(12-17,15-6-4-3-5-7-15)13-20-11-14-8-9-19-10-14/h3-7,14,18H,2,8-11,13H2,1H3. The van der Waals surface area contributed by atoms with Crippen molar-refractivity contribution in [3.8, 4) is 6.07 Å². The van der Waals surface area contributed by atoms with Crippen LogP contribution in [-0.2, 0) is 15.0 Å². The Bertz CT molecular complexity index is 438. The van der Waals surface area contributed by atoms with Crippen molar-refractivity contribution in [1.82, 2.24) is 5.32 Å². The Morgan fingerprint density at radius 3 is 2.85 bits per heavy atom. The van der Waals surface area contributed by atoms with Crippen LogP contribution in [0.2, 0.25) is 0 Å². The normalized spacial score (nSPS) is 21.3. The minimum Gasteiger partial charge on any atom is -0.381 e. The first-order valence-electron chi connectivity index (χ1n) is 7.18. The monoisotopic (exact) mass is 274 g/mol. The highest BCUT2D eigenvalue weighted by atomic mass is 16.5. The maximum atomic E-state index is 9.64. The topological polar surface area (TPSA) is 54.3 Å². The summed E-state index contributed by atoms with van der Waals surface area (Å²) in [4.78, 5) is 0. The van der Waals surface area contributed by atoms with Gasteiger partial charge in [0.1, 0.15) is 0 Å². The van der Waals surface area contributed by atoms with Gasteiger partial charge in [-0.1, -0.05) is 37.3 Å². The van der Waals surface area contributed by atoms with Gasteiger partial charge in [0, 0.05) is 12.5 Å². The lowest BCUT2D eigenvalue weighted by molar-refractivity contribution is 0.0582. The molecule has 20 heavy (non-hydrogen) atoms. The minimum absolute atomic E-state index is 0.359. The molecule has 4 heteroatoms. The van der Waals surface area contributed by atoms with Crippen molar-refractivity contribution in [3.05, 3.63) is 35.9 Å². The van der Waals surface area contributed by atoms with Crippen molar-refractivity contribution in [3.63, 3.8) is 0 Å². The van der Waals surface area contributed by atoms with Crippen LogP contribution < -0.4 is 5.32 Å². The molecule has 108 valence electrons. The van der Waals surface area contributed by atoms with Crippen LogP contribution in [0.4, 0.5) is 0 Å². The lowest BCUT2D eigenvalue weighted by atomic mass is 9.92. The van der Waals surface area contributed by atoms with E-state index in [0.717, 1.165) is 31.7 Å². The van der Waals surface area contributed by atoms with Crippen LogP contribution >= 0.6 is 0 Å². The molecule has 0 aromatic heterocycles. The van der Waals surface area contributed by atoms with E-state index >= 15 is 0 Å². The number of hydrogen-bond acceptors (Lipinski definition) is 4. The zero-order chi connectivity index (χ0) is 14.3. The number of rotatable bonds is 7. The predicted molar refractivity (Wildman–Crippen MR) is 77.2 cm³/mol. The average Bonchev–Trinajstić information content (AvgIpc) is 3.00. The summed E-state index contributed by atoms with van der Waals surface area (Å²) >= 11 is 0. The number of hydrogen-bond donors (Lipinski definition) is 1. The second kappa shape index (κ2) is 7.39. The van der Waals surface area contributed by atoms with E-state index in [2.05, 4.69) is 11.4 Å². The van der Waals surface area contributed by atoms with E-state index in [-0.39, 0.29) is 0 Å². The molecule has 0 aliphatic carbocycles. The second-order valence-electron chi connectivity index (χ2n) is 5.16. The van der Waals surface area contributed by atoms with Gasteiger partial charge in [0.15, 0.2) is 5.54 Å². The molecule has 2 atom stereocenters. The maximum absolute atomic E-state index is 9.64. The summed E-state index contributed by atoms with van der Waals surface area (Å²) in [6.07, 6.45) is 1.05. The van der Waals surface area contributed by atoms with Crippen LogP contribution in [0.25, 0.3) is 0 Å². The molecule has 2 rings (SSSR count). The molecule has 1 aliphatic rings. The molecule has 4 nitrogen and oxygen atoms in total. The van der Waals surface area contributed by atoms with Crippen LogP contribution in [0.15, 0.2) is 30.3 Å². The van der Waals surface area contributed by atoms with Crippen LogP contribution in [0.5, 0.6) is 0 Å². The Kier molecular flexibility index (Phi) is 5.54. The van der Waals surface area contributed by atoms with Crippen molar-refractivity contribution in [2.75, 3.05) is 33.0 Å². The largest absolute Gasteiger partial charge is 0.381 e. The molecule has 1 N–H and O–H groups in total. The van der Waals surface area contributed by atoms with Gasteiger partial charge in [0.25, 0.3) is 0 Å². The van der Waals surface area contributed by atoms with Crippen LogP contribution in [0, 0.1) is 17.2 Å². The van der Waals surface area contributed by atoms with E-state index < -0.39 is 5.54 Å². The lowest BCUT2D eigenvalue weighted by Gasteiger charge is -2.28. The highest BCUT2D eigenvalue weighted by Gasteiger charge is 2.32. The zero-order valence-corrected chi connectivity index (χ0v) is 12.0. The minimum atomic E-state index is -0.768. The predicted octanol–water partition coefficient (Wildman–Crippen LogP) is 2.07. The van der Waals surface area contributed by atoms with Gasteiger partial charge in [-0.25, -0.2) is 0 Å². The molecule has 1 aliphatic heterocycles. The molecule has 0 saturated carbocycles. The molecule has 0 bridgehead atoms. The fourth-order valence-corrected chi connectivity index (χ4v) is 2.49. The number of nitrogens with zero attached hydrogens (tertiary/aromatic N) is 1. The number of likely N-dealkylation sites (N-methyl/N-ethyl adjacent to an activating group) is 1. The molecule has 0 spiro atoms. The van der Waals surface area contributed by atoms with Gasteiger partial charge in [-0.05, 0) is 18.5 Å². The number of nitriles is 1. The Morgan fingerprint density at radius 2 is 2.25 bits per heavy atom. The van der Waals surface area contributed by atoms with Gasteiger partial charge in [0.05, 0.1) is 25.9 Å².